The molecule has 0 unspecified atom stereocenters. The highest BCUT2D eigenvalue weighted by Gasteiger charge is 2.24. The molecule has 1 aromatic rings. The minimum atomic E-state index is -0.307. The quantitative estimate of drug-likeness (QED) is 0.253. The van der Waals surface area contributed by atoms with Crippen LogP contribution in [0.1, 0.15) is 37.9 Å². The van der Waals surface area contributed by atoms with E-state index in [1.165, 1.54) is 0 Å². The number of aliphatic hydroxyl groups excluding tert-OH is 1. The van der Waals surface area contributed by atoms with Crippen molar-refractivity contribution >= 4 is 5.84 Å². The van der Waals surface area contributed by atoms with Crippen molar-refractivity contribution in [3.05, 3.63) is 29.6 Å². The van der Waals surface area contributed by atoms with Gasteiger partial charge in [0.05, 0.1) is 6.61 Å². The van der Waals surface area contributed by atoms with Crippen LogP contribution >= 0.6 is 0 Å². The highest BCUT2D eigenvalue weighted by molar-refractivity contribution is 5.96. The van der Waals surface area contributed by atoms with Gasteiger partial charge >= 0.3 is 0 Å². The van der Waals surface area contributed by atoms with Gasteiger partial charge in [0.1, 0.15) is 5.69 Å². The number of rotatable bonds is 7. The molecular weight excluding hydrogens is 244 g/mol. The van der Waals surface area contributed by atoms with E-state index >= 15 is 0 Å². The molecule has 5 N–H and O–H groups in total. The number of aliphatic hydroxyl groups is 1. The topological polar surface area (TPSA) is 104 Å². The van der Waals surface area contributed by atoms with Crippen LogP contribution in [0.15, 0.2) is 23.5 Å². The van der Waals surface area contributed by atoms with E-state index in [0.29, 0.717) is 12.2 Å². The summed E-state index contributed by atoms with van der Waals surface area (Å²) in [5, 5.41) is 24.6. The molecule has 0 radical (unpaired) electrons. The van der Waals surface area contributed by atoms with Gasteiger partial charge in [-0.05, 0) is 24.5 Å². The van der Waals surface area contributed by atoms with E-state index in [-0.39, 0.29) is 18.0 Å². The third-order valence-electron chi connectivity index (χ3n) is 3.55. The van der Waals surface area contributed by atoms with Gasteiger partial charge in [0, 0.05) is 18.3 Å². The maximum atomic E-state index is 9.51. The molecule has 19 heavy (non-hydrogen) atoms. The second-order valence-electron chi connectivity index (χ2n) is 4.50. The lowest BCUT2D eigenvalue weighted by Gasteiger charge is -2.31. The third kappa shape index (κ3) is 3.65. The van der Waals surface area contributed by atoms with Gasteiger partial charge < -0.3 is 21.4 Å². The molecule has 6 nitrogen and oxygen atoms in total. The van der Waals surface area contributed by atoms with Gasteiger partial charge in [0.25, 0.3) is 0 Å². The van der Waals surface area contributed by atoms with Crippen LogP contribution in [0.5, 0.6) is 0 Å². The van der Waals surface area contributed by atoms with Gasteiger partial charge in [-0.25, -0.2) is 0 Å². The lowest BCUT2D eigenvalue weighted by atomic mass is 9.93. The van der Waals surface area contributed by atoms with Crippen LogP contribution in [0.3, 0.4) is 0 Å². The minimum absolute atomic E-state index is 0.0139. The van der Waals surface area contributed by atoms with Crippen LogP contribution in [0, 0.1) is 0 Å². The predicted octanol–water partition coefficient (Wildman–Crippen LogP) is 0.817. The normalized spacial score (nSPS) is 12.7. The molecule has 1 heterocycles. The maximum absolute atomic E-state index is 9.51. The van der Waals surface area contributed by atoms with Crippen molar-refractivity contribution in [2.75, 3.05) is 6.61 Å². The molecule has 106 valence electrons. The Morgan fingerprint density at radius 3 is 2.68 bits per heavy atom. The second kappa shape index (κ2) is 7.06. The van der Waals surface area contributed by atoms with Crippen LogP contribution in [0.25, 0.3) is 0 Å². The van der Waals surface area contributed by atoms with E-state index in [2.05, 4.69) is 15.5 Å². The number of nitrogens with two attached hydrogens (primary N) is 1. The fourth-order valence-corrected chi connectivity index (χ4v) is 1.92. The van der Waals surface area contributed by atoms with Crippen molar-refractivity contribution in [1.82, 2.24) is 10.3 Å². The monoisotopic (exact) mass is 266 g/mol. The summed E-state index contributed by atoms with van der Waals surface area (Å²) in [5.41, 5.74) is 6.57. The molecule has 1 rings (SSSR count). The van der Waals surface area contributed by atoms with Gasteiger partial charge in [0.15, 0.2) is 5.84 Å². The lowest BCUT2D eigenvalue weighted by Crippen LogP contribution is -2.47. The molecule has 0 aliphatic carbocycles. The highest BCUT2D eigenvalue weighted by atomic mass is 16.4. The first-order valence-electron chi connectivity index (χ1n) is 6.40. The highest BCUT2D eigenvalue weighted by Crippen LogP contribution is 2.16. The fraction of sp³-hybridized carbons (Fsp3) is 0.538. The van der Waals surface area contributed by atoms with Gasteiger partial charge in [-0.2, -0.15) is 0 Å². The van der Waals surface area contributed by atoms with Gasteiger partial charge in [-0.1, -0.05) is 25.1 Å². The third-order valence-corrected chi connectivity index (χ3v) is 3.55. The Morgan fingerprint density at radius 1 is 1.47 bits per heavy atom. The molecule has 0 bridgehead atoms. The zero-order chi connectivity index (χ0) is 14.3. The minimum Gasteiger partial charge on any atom is -0.409 e. The van der Waals surface area contributed by atoms with Gasteiger partial charge in [-0.15, -0.1) is 0 Å². The molecule has 1 aromatic heterocycles. The van der Waals surface area contributed by atoms with Crippen LogP contribution in [-0.4, -0.2) is 33.3 Å². The lowest BCUT2D eigenvalue weighted by molar-refractivity contribution is 0.149. The van der Waals surface area contributed by atoms with Gasteiger partial charge in [0.2, 0.25) is 0 Å². The summed E-state index contributed by atoms with van der Waals surface area (Å²) >= 11 is 0. The zero-order valence-electron chi connectivity index (χ0n) is 11.4. The van der Waals surface area contributed by atoms with Crippen LogP contribution in [0.4, 0.5) is 0 Å². The maximum Gasteiger partial charge on any atom is 0.189 e. The van der Waals surface area contributed by atoms with E-state index in [9.17, 15) is 5.11 Å². The number of pyridine rings is 1. The Hall–Kier alpha value is -1.66. The van der Waals surface area contributed by atoms with E-state index in [4.69, 9.17) is 10.9 Å². The number of hydrogen-bond donors (Lipinski definition) is 4. The Kier molecular flexibility index (Phi) is 5.72. The first-order valence-corrected chi connectivity index (χ1v) is 6.40. The van der Waals surface area contributed by atoms with Gasteiger partial charge in [-0.3, -0.25) is 4.98 Å². The van der Waals surface area contributed by atoms with Crippen molar-refractivity contribution < 1.29 is 10.3 Å². The second-order valence-corrected chi connectivity index (χ2v) is 4.50. The molecule has 0 aromatic carbocycles. The fourth-order valence-electron chi connectivity index (χ4n) is 1.92. The number of nitrogens with one attached hydrogen (secondary N) is 1. The van der Waals surface area contributed by atoms with Crippen molar-refractivity contribution in [2.45, 2.75) is 38.8 Å². The zero-order valence-corrected chi connectivity index (χ0v) is 11.4. The molecule has 0 fully saturated rings. The Morgan fingerprint density at radius 2 is 2.16 bits per heavy atom. The van der Waals surface area contributed by atoms with Crippen molar-refractivity contribution in [1.29, 1.82) is 0 Å². The standard InChI is InChI=1S/C13H22N4O2/c1-3-13(4-2,9-18)16-8-10-6-5-7-15-11(10)12(14)17-19/h5-7,16,18-19H,3-4,8-9H2,1-2H3,(H2,14,17). The van der Waals surface area contributed by atoms with Crippen molar-refractivity contribution in [3.63, 3.8) is 0 Å². The van der Waals surface area contributed by atoms with E-state index in [1.54, 1.807) is 12.3 Å². The van der Waals surface area contributed by atoms with E-state index < -0.39 is 0 Å². The number of nitrogens with zero attached hydrogens (tertiary/aromatic N) is 2. The van der Waals surface area contributed by atoms with Crippen LogP contribution in [0.2, 0.25) is 0 Å². The SMILES string of the molecule is CCC(CC)(CO)NCc1cccnc1C(N)=NO. The molecule has 0 amide bonds. The van der Waals surface area contributed by atoms with Crippen molar-refractivity contribution in [2.24, 2.45) is 10.9 Å². The molecule has 6 heteroatoms. The summed E-state index contributed by atoms with van der Waals surface area (Å²) in [6.07, 6.45) is 3.23. The number of aromatic nitrogens is 1. The smallest absolute Gasteiger partial charge is 0.189 e. The largest absolute Gasteiger partial charge is 0.409 e. The number of hydrogen-bond acceptors (Lipinski definition) is 5. The summed E-state index contributed by atoms with van der Waals surface area (Å²) in [6, 6.07) is 3.66. The Balaban J connectivity index is 2.89. The molecule has 0 atom stereocenters. The Bertz CT molecular complexity index is 422. The van der Waals surface area contributed by atoms with E-state index in [1.807, 2.05) is 19.9 Å². The van der Waals surface area contributed by atoms with Crippen LogP contribution < -0.4 is 11.1 Å². The summed E-state index contributed by atoms with van der Waals surface area (Å²) in [4.78, 5) is 4.11. The van der Waals surface area contributed by atoms with Crippen LogP contribution in [-0.2, 0) is 6.54 Å². The Labute approximate surface area is 113 Å². The summed E-state index contributed by atoms with van der Waals surface area (Å²) in [5.74, 6) is -0.0139. The summed E-state index contributed by atoms with van der Waals surface area (Å²) < 4.78 is 0. The molecule has 0 aliphatic heterocycles. The predicted molar refractivity (Wildman–Crippen MR) is 74.0 cm³/mol. The van der Waals surface area contributed by atoms with Crippen molar-refractivity contribution in [3.8, 4) is 0 Å². The van der Waals surface area contributed by atoms with E-state index in [0.717, 1.165) is 18.4 Å². The molecule has 0 spiro atoms. The molecule has 0 aliphatic rings. The molecule has 0 saturated heterocycles. The number of oxime groups is 1. The molecular formula is C13H22N4O2. The summed E-state index contributed by atoms with van der Waals surface area (Å²) in [6.45, 7) is 4.63. The molecule has 0 saturated carbocycles. The summed E-state index contributed by atoms with van der Waals surface area (Å²) in [7, 11) is 0. The average Bonchev–Trinajstić information content (AvgIpc) is 2.49. The average molecular weight is 266 g/mol. The first kappa shape index (κ1) is 15.4. The first-order chi connectivity index (χ1) is 9.12. The number of amidine groups is 1.